The minimum atomic E-state index is 0.491. The van der Waals surface area contributed by atoms with Gasteiger partial charge in [0.05, 0.1) is 4.47 Å². The van der Waals surface area contributed by atoms with Gasteiger partial charge >= 0.3 is 0 Å². The van der Waals surface area contributed by atoms with Crippen LogP contribution in [0.2, 0.25) is 0 Å². The second-order valence-electron chi connectivity index (χ2n) is 4.12. The average Bonchev–Trinajstić information content (AvgIpc) is 2.32. The van der Waals surface area contributed by atoms with Crippen LogP contribution in [0.25, 0.3) is 0 Å². The molecule has 0 saturated heterocycles. The van der Waals surface area contributed by atoms with Gasteiger partial charge in [0.25, 0.3) is 0 Å². The van der Waals surface area contributed by atoms with Crippen LogP contribution in [-0.2, 0) is 0 Å². The van der Waals surface area contributed by atoms with Crippen LogP contribution >= 0.6 is 15.9 Å². The van der Waals surface area contributed by atoms with Gasteiger partial charge in [0.15, 0.2) is 0 Å². The van der Waals surface area contributed by atoms with E-state index in [4.69, 9.17) is 4.74 Å². The van der Waals surface area contributed by atoms with Crippen molar-refractivity contribution in [1.29, 1.82) is 0 Å². The van der Waals surface area contributed by atoms with Crippen molar-refractivity contribution < 1.29 is 4.74 Å². The molecule has 2 rings (SSSR count). The zero-order chi connectivity index (χ0) is 12.3. The third-order valence-electron chi connectivity index (χ3n) is 2.46. The summed E-state index contributed by atoms with van der Waals surface area (Å²) in [5, 5.41) is 0. The molecule has 3 heteroatoms. The molecule has 17 heavy (non-hydrogen) atoms. The summed E-state index contributed by atoms with van der Waals surface area (Å²) in [6.45, 7) is 4.32. The molecule has 1 heterocycles. The Kier molecular flexibility index (Phi) is 3.79. The Hall–Kier alpha value is -1.35. The summed E-state index contributed by atoms with van der Waals surface area (Å²) >= 11 is 3.41. The number of nitrogens with zero attached hydrogens (tertiary/aromatic N) is 1. The summed E-state index contributed by atoms with van der Waals surface area (Å²) in [6.07, 6.45) is 1.71. The third-order valence-corrected chi connectivity index (χ3v) is 3.07. The average molecular weight is 292 g/mol. The highest BCUT2D eigenvalue weighted by Crippen LogP contribution is 2.28. The Balaban J connectivity index is 2.25. The first-order chi connectivity index (χ1) is 8.16. The summed E-state index contributed by atoms with van der Waals surface area (Å²) in [4.78, 5) is 4.18. The van der Waals surface area contributed by atoms with Crippen molar-refractivity contribution in [1.82, 2.24) is 4.98 Å². The lowest BCUT2D eigenvalue weighted by Gasteiger charge is -2.09. The monoisotopic (exact) mass is 291 g/mol. The molecular weight excluding hydrogens is 278 g/mol. The number of hydrogen-bond acceptors (Lipinski definition) is 2. The van der Waals surface area contributed by atoms with Crippen molar-refractivity contribution in [2.45, 2.75) is 19.8 Å². The van der Waals surface area contributed by atoms with Crippen LogP contribution < -0.4 is 4.74 Å². The summed E-state index contributed by atoms with van der Waals surface area (Å²) in [5.74, 6) is 1.90. The predicted octanol–water partition coefficient (Wildman–Crippen LogP) is 4.76. The zero-order valence-corrected chi connectivity index (χ0v) is 11.4. The normalized spacial score (nSPS) is 10.6. The third kappa shape index (κ3) is 3.07. The Bertz CT molecular complexity index is 511. The number of ether oxygens (including phenoxy) is 1. The molecule has 2 aromatic rings. The lowest BCUT2D eigenvalue weighted by atomic mass is 10.0. The minimum absolute atomic E-state index is 0.491. The van der Waals surface area contributed by atoms with E-state index in [1.807, 2.05) is 30.3 Å². The second-order valence-corrected chi connectivity index (χ2v) is 4.97. The number of rotatable bonds is 3. The van der Waals surface area contributed by atoms with E-state index >= 15 is 0 Å². The molecule has 1 aromatic heterocycles. The molecule has 0 spiro atoms. The minimum Gasteiger partial charge on any atom is -0.438 e. The van der Waals surface area contributed by atoms with Crippen molar-refractivity contribution in [2.24, 2.45) is 0 Å². The Labute approximate surface area is 110 Å². The molecule has 2 nitrogen and oxygen atoms in total. The van der Waals surface area contributed by atoms with Gasteiger partial charge < -0.3 is 4.74 Å². The molecule has 0 N–H and O–H groups in total. The van der Waals surface area contributed by atoms with Gasteiger partial charge in [-0.2, -0.15) is 0 Å². The fourth-order valence-corrected chi connectivity index (χ4v) is 1.83. The van der Waals surface area contributed by atoms with Gasteiger partial charge in [-0.15, -0.1) is 0 Å². The van der Waals surface area contributed by atoms with Crippen LogP contribution in [-0.4, -0.2) is 4.98 Å². The molecule has 0 aliphatic rings. The number of aromatic nitrogens is 1. The smallest absolute Gasteiger partial charge is 0.233 e. The molecule has 0 amide bonds. The van der Waals surface area contributed by atoms with Crippen LogP contribution in [0.1, 0.15) is 25.3 Å². The van der Waals surface area contributed by atoms with Crippen molar-refractivity contribution in [3.63, 3.8) is 0 Å². The van der Waals surface area contributed by atoms with Gasteiger partial charge in [0, 0.05) is 6.20 Å². The Morgan fingerprint density at radius 2 is 2.00 bits per heavy atom. The van der Waals surface area contributed by atoms with E-state index in [1.54, 1.807) is 6.20 Å². The van der Waals surface area contributed by atoms with E-state index < -0.39 is 0 Å². The van der Waals surface area contributed by atoms with Gasteiger partial charge in [0.1, 0.15) is 5.75 Å². The number of halogens is 1. The van der Waals surface area contributed by atoms with E-state index in [-0.39, 0.29) is 0 Å². The standard InChI is InChI=1S/C14H14BrNO/c1-10(2)11-5-3-6-12(9-11)17-14-13(15)7-4-8-16-14/h3-10H,1-2H3. The maximum atomic E-state index is 5.74. The fourth-order valence-electron chi connectivity index (χ4n) is 1.50. The topological polar surface area (TPSA) is 22.1 Å². The van der Waals surface area contributed by atoms with E-state index in [2.05, 4.69) is 40.8 Å². The van der Waals surface area contributed by atoms with E-state index in [0.29, 0.717) is 11.8 Å². The SMILES string of the molecule is CC(C)c1cccc(Oc2ncccc2Br)c1. The quantitative estimate of drug-likeness (QED) is 0.813. The highest BCUT2D eigenvalue weighted by molar-refractivity contribution is 9.10. The van der Waals surface area contributed by atoms with Gasteiger partial charge in [-0.05, 0) is 51.7 Å². The largest absolute Gasteiger partial charge is 0.438 e. The van der Waals surface area contributed by atoms with Crippen molar-refractivity contribution >= 4 is 15.9 Å². The first-order valence-electron chi connectivity index (χ1n) is 5.55. The van der Waals surface area contributed by atoms with E-state index in [1.165, 1.54) is 5.56 Å². The molecule has 0 bridgehead atoms. The lowest BCUT2D eigenvalue weighted by molar-refractivity contribution is 0.458. The Morgan fingerprint density at radius 1 is 1.18 bits per heavy atom. The van der Waals surface area contributed by atoms with Gasteiger partial charge in [-0.3, -0.25) is 0 Å². The van der Waals surface area contributed by atoms with Gasteiger partial charge in [-0.25, -0.2) is 4.98 Å². The fraction of sp³-hybridized carbons (Fsp3) is 0.214. The molecule has 0 radical (unpaired) electrons. The lowest BCUT2D eigenvalue weighted by Crippen LogP contribution is -1.91. The van der Waals surface area contributed by atoms with Crippen LogP contribution in [0.4, 0.5) is 0 Å². The Morgan fingerprint density at radius 3 is 2.71 bits per heavy atom. The molecule has 0 atom stereocenters. The summed E-state index contributed by atoms with van der Waals surface area (Å²) < 4.78 is 6.60. The van der Waals surface area contributed by atoms with Crippen LogP contribution in [0, 0.1) is 0 Å². The molecule has 1 aromatic carbocycles. The number of pyridine rings is 1. The molecule has 0 fully saturated rings. The summed E-state index contributed by atoms with van der Waals surface area (Å²) in [6, 6.07) is 11.9. The molecule has 0 aliphatic heterocycles. The van der Waals surface area contributed by atoms with Crippen molar-refractivity contribution in [3.8, 4) is 11.6 Å². The van der Waals surface area contributed by atoms with Crippen LogP contribution in [0.3, 0.4) is 0 Å². The van der Waals surface area contributed by atoms with Gasteiger partial charge in [0.2, 0.25) is 5.88 Å². The van der Waals surface area contributed by atoms with Gasteiger partial charge in [-0.1, -0.05) is 26.0 Å². The summed E-state index contributed by atoms with van der Waals surface area (Å²) in [7, 11) is 0. The summed E-state index contributed by atoms with van der Waals surface area (Å²) in [5.41, 5.74) is 1.26. The molecular formula is C14H14BrNO. The molecule has 0 aliphatic carbocycles. The number of hydrogen-bond donors (Lipinski definition) is 0. The molecule has 0 saturated carbocycles. The van der Waals surface area contributed by atoms with Crippen LogP contribution in [0.15, 0.2) is 47.1 Å². The predicted molar refractivity (Wildman–Crippen MR) is 72.5 cm³/mol. The molecule has 88 valence electrons. The van der Waals surface area contributed by atoms with Crippen molar-refractivity contribution in [2.75, 3.05) is 0 Å². The maximum absolute atomic E-state index is 5.74. The maximum Gasteiger partial charge on any atom is 0.233 e. The highest BCUT2D eigenvalue weighted by Gasteiger charge is 2.05. The first kappa shape index (κ1) is 12.1. The van der Waals surface area contributed by atoms with E-state index in [0.717, 1.165) is 10.2 Å². The number of benzene rings is 1. The first-order valence-corrected chi connectivity index (χ1v) is 6.34. The highest BCUT2D eigenvalue weighted by atomic mass is 79.9. The second kappa shape index (κ2) is 5.32. The van der Waals surface area contributed by atoms with Crippen molar-refractivity contribution in [3.05, 3.63) is 52.6 Å². The van der Waals surface area contributed by atoms with E-state index in [9.17, 15) is 0 Å². The zero-order valence-electron chi connectivity index (χ0n) is 9.85. The molecule has 0 unspecified atom stereocenters. The van der Waals surface area contributed by atoms with Crippen LogP contribution in [0.5, 0.6) is 11.6 Å².